The quantitative estimate of drug-likeness (QED) is 0.259. The van der Waals surface area contributed by atoms with Gasteiger partial charge in [-0.1, -0.05) is 0 Å². The largest absolute Gasteiger partial charge is 0.505 e. The van der Waals surface area contributed by atoms with Gasteiger partial charge < -0.3 is 35.1 Å². The first-order valence-electron chi connectivity index (χ1n) is 9.42. The number of methoxy groups -OCH3 is 1. The summed E-state index contributed by atoms with van der Waals surface area (Å²) in [6, 6.07) is 2.79. The molecule has 0 radical (unpaired) electrons. The number of primary amides is 1. The highest BCUT2D eigenvalue weighted by atomic mass is 16.6. The van der Waals surface area contributed by atoms with E-state index in [0.29, 0.717) is 13.0 Å². The van der Waals surface area contributed by atoms with E-state index in [1.165, 1.54) is 19.2 Å². The summed E-state index contributed by atoms with van der Waals surface area (Å²) in [6.45, 7) is 5.93. The van der Waals surface area contributed by atoms with Crippen LogP contribution < -0.4 is 15.8 Å². The molecule has 4 N–H and O–H groups in total. The highest BCUT2D eigenvalue weighted by Crippen LogP contribution is 2.34. The second-order valence-electron chi connectivity index (χ2n) is 7.31. The predicted molar refractivity (Wildman–Crippen MR) is 109 cm³/mol. The molecule has 10 heteroatoms. The van der Waals surface area contributed by atoms with Crippen molar-refractivity contribution in [1.82, 2.24) is 0 Å². The van der Waals surface area contributed by atoms with Gasteiger partial charge in [0, 0.05) is 13.0 Å². The molecule has 0 atom stereocenters. The third-order valence-corrected chi connectivity index (χ3v) is 3.57. The number of hydrogen-bond donors (Lipinski definition) is 3. The lowest BCUT2D eigenvalue weighted by atomic mass is 10.1. The minimum atomic E-state index is -0.888. The highest BCUT2D eigenvalue weighted by Gasteiger charge is 2.19. The molecular weight excluding hydrogens is 396 g/mol. The van der Waals surface area contributed by atoms with Gasteiger partial charge in [0.2, 0.25) is 5.91 Å². The van der Waals surface area contributed by atoms with Gasteiger partial charge in [-0.25, -0.2) is 0 Å². The summed E-state index contributed by atoms with van der Waals surface area (Å²) in [7, 11) is 1.33. The van der Waals surface area contributed by atoms with Gasteiger partial charge in [0.05, 0.1) is 26.0 Å². The van der Waals surface area contributed by atoms with E-state index >= 15 is 0 Å². The predicted octanol–water partition coefficient (Wildman–Crippen LogP) is 1.59. The van der Waals surface area contributed by atoms with Crippen molar-refractivity contribution in [2.24, 2.45) is 5.73 Å². The number of nitrogens with two attached hydrogens (primary N) is 1. The van der Waals surface area contributed by atoms with E-state index in [2.05, 4.69) is 5.32 Å². The van der Waals surface area contributed by atoms with E-state index in [-0.39, 0.29) is 49.2 Å². The molecule has 0 aliphatic heterocycles. The van der Waals surface area contributed by atoms with Crippen LogP contribution in [0.15, 0.2) is 12.1 Å². The number of amides is 2. The molecule has 1 aromatic rings. The first kappa shape index (κ1) is 25.2. The summed E-state index contributed by atoms with van der Waals surface area (Å²) in [5, 5.41) is 12.6. The van der Waals surface area contributed by atoms with Gasteiger partial charge in [-0.15, -0.1) is 0 Å². The molecule has 0 aromatic heterocycles. The fraction of sp³-hybridized carbons (Fsp3) is 0.550. The molecule has 0 unspecified atom stereocenters. The molecule has 1 rings (SSSR count). The molecule has 0 aliphatic rings. The third-order valence-electron chi connectivity index (χ3n) is 3.57. The van der Waals surface area contributed by atoms with E-state index in [0.717, 1.165) is 0 Å². The number of aromatic hydroxyl groups is 1. The number of carbonyl (C=O) groups excluding carboxylic acids is 3. The molecule has 0 aliphatic carbocycles. The second kappa shape index (κ2) is 12.0. The Hall–Kier alpha value is -2.85. The second-order valence-corrected chi connectivity index (χ2v) is 7.31. The van der Waals surface area contributed by atoms with Gasteiger partial charge in [-0.05, 0) is 39.3 Å². The normalized spacial score (nSPS) is 11.1. The number of ether oxygens (including phenoxy) is 4. The Kier molecular flexibility index (Phi) is 10.1. The van der Waals surface area contributed by atoms with Gasteiger partial charge in [0.1, 0.15) is 23.5 Å². The molecule has 0 spiro atoms. The molecule has 168 valence electrons. The maximum absolute atomic E-state index is 11.9. The Morgan fingerprint density at radius 2 is 1.77 bits per heavy atom. The summed E-state index contributed by atoms with van der Waals surface area (Å²) < 4.78 is 20.7. The zero-order chi connectivity index (χ0) is 22.7. The SMILES string of the molecule is COc1ccc(NC(=O)COCCOCCCC(=O)OC(C)(C)C)c(O)c1C(N)=O. The van der Waals surface area contributed by atoms with Gasteiger partial charge in [-0.3, -0.25) is 14.4 Å². The average molecular weight is 426 g/mol. The summed E-state index contributed by atoms with van der Waals surface area (Å²) in [5.41, 5.74) is 4.51. The maximum atomic E-state index is 11.9. The van der Waals surface area contributed by atoms with Crippen molar-refractivity contribution in [1.29, 1.82) is 0 Å². The number of esters is 1. The van der Waals surface area contributed by atoms with Crippen LogP contribution in [0, 0.1) is 0 Å². The van der Waals surface area contributed by atoms with Crippen LogP contribution in [0.4, 0.5) is 5.69 Å². The van der Waals surface area contributed by atoms with Crippen molar-refractivity contribution in [2.75, 3.05) is 38.9 Å². The molecule has 0 saturated heterocycles. The Labute approximate surface area is 175 Å². The van der Waals surface area contributed by atoms with Crippen molar-refractivity contribution in [2.45, 2.75) is 39.2 Å². The van der Waals surface area contributed by atoms with E-state index in [4.69, 9.17) is 24.7 Å². The van der Waals surface area contributed by atoms with E-state index in [9.17, 15) is 19.5 Å². The molecule has 1 aromatic carbocycles. The van der Waals surface area contributed by atoms with Crippen LogP contribution in [-0.4, -0.2) is 62.0 Å². The van der Waals surface area contributed by atoms with Crippen molar-refractivity contribution in [3.63, 3.8) is 0 Å². The van der Waals surface area contributed by atoms with E-state index in [1.54, 1.807) is 0 Å². The summed E-state index contributed by atoms with van der Waals surface area (Å²) in [6.07, 6.45) is 0.785. The monoisotopic (exact) mass is 426 g/mol. The summed E-state index contributed by atoms with van der Waals surface area (Å²) in [4.78, 5) is 34.9. The number of anilines is 1. The number of phenols is 1. The number of carbonyl (C=O) groups is 3. The van der Waals surface area contributed by atoms with Crippen molar-refractivity contribution in [3.05, 3.63) is 17.7 Å². The summed E-state index contributed by atoms with van der Waals surface area (Å²) in [5.74, 6) is -2.08. The fourth-order valence-corrected chi connectivity index (χ4v) is 2.36. The van der Waals surface area contributed by atoms with Crippen LogP contribution in [0.1, 0.15) is 44.0 Å². The lowest BCUT2D eigenvalue weighted by Gasteiger charge is -2.19. The fourth-order valence-electron chi connectivity index (χ4n) is 2.36. The first-order valence-corrected chi connectivity index (χ1v) is 9.42. The zero-order valence-corrected chi connectivity index (χ0v) is 17.8. The highest BCUT2D eigenvalue weighted by molar-refractivity contribution is 6.02. The van der Waals surface area contributed by atoms with Crippen LogP contribution in [0.5, 0.6) is 11.5 Å². The number of benzene rings is 1. The Bertz CT molecular complexity index is 743. The maximum Gasteiger partial charge on any atom is 0.306 e. The molecule has 0 bridgehead atoms. The molecule has 0 fully saturated rings. The van der Waals surface area contributed by atoms with Gasteiger partial charge in [0.15, 0.2) is 5.75 Å². The summed E-state index contributed by atoms with van der Waals surface area (Å²) >= 11 is 0. The van der Waals surface area contributed by atoms with Gasteiger partial charge in [0.25, 0.3) is 5.91 Å². The van der Waals surface area contributed by atoms with Crippen LogP contribution in [-0.2, 0) is 23.8 Å². The number of hydrogen-bond acceptors (Lipinski definition) is 8. The molecule has 0 heterocycles. The Morgan fingerprint density at radius 1 is 1.10 bits per heavy atom. The van der Waals surface area contributed by atoms with Gasteiger partial charge >= 0.3 is 5.97 Å². The standard InChI is InChI=1S/C20H30N2O8/c1-20(2,3)30-16(24)6-5-9-28-10-11-29-12-15(23)22-13-7-8-14(27-4)17(18(13)25)19(21)26/h7-8,25H,5-6,9-12H2,1-4H3,(H2,21,26)(H,22,23). The molecule has 10 nitrogen and oxygen atoms in total. The molecule has 2 amide bonds. The van der Waals surface area contributed by atoms with Crippen molar-refractivity contribution < 1.29 is 38.4 Å². The average Bonchev–Trinajstić information content (AvgIpc) is 2.63. The number of rotatable bonds is 12. The smallest absolute Gasteiger partial charge is 0.306 e. The van der Waals surface area contributed by atoms with Crippen LogP contribution in [0.3, 0.4) is 0 Å². The van der Waals surface area contributed by atoms with Crippen molar-refractivity contribution >= 4 is 23.5 Å². The van der Waals surface area contributed by atoms with E-state index in [1.807, 2.05) is 20.8 Å². The topological polar surface area (TPSA) is 146 Å². The Balaban J connectivity index is 2.27. The van der Waals surface area contributed by atoms with Crippen LogP contribution in [0.2, 0.25) is 0 Å². The number of nitrogens with one attached hydrogen (secondary N) is 1. The van der Waals surface area contributed by atoms with Crippen molar-refractivity contribution in [3.8, 4) is 11.5 Å². The minimum absolute atomic E-state index is 0.0107. The zero-order valence-electron chi connectivity index (χ0n) is 17.8. The lowest BCUT2D eigenvalue weighted by molar-refractivity contribution is -0.155. The first-order chi connectivity index (χ1) is 14.0. The van der Waals surface area contributed by atoms with E-state index < -0.39 is 23.2 Å². The third kappa shape index (κ3) is 9.10. The molecule has 0 saturated carbocycles. The van der Waals surface area contributed by atoms with Crippen LogP contribution >= 0.6 is 0 Å². The van der Waals surface area contributed by atoms with Gasteiger partial charge in [-0.2, -0.15) is 0 Å². The Morgan fingerprint density at radius 3 is 2.37 bits per heavy atom. The molecule has 30 heavy (non-hydrogen) atoms. The lowest BCUT2D eigenvalue weighted by Crippen LogP contribution is -2.24. The minimum Gasteiger partial charge on any atom is -0.505 e. The molecular formula is C20H30N2O8. The van der Waals surface area contributed by atoms with Crippen LogP contribution in [0.25, 0.3) is 0 Å².